The molecule has 0 amide bonds. The molecule has 0 aromatic heterocycles. The highest BCUT2D eigenvalue weighted by Crippen LogP contribution is 2.61. The maximum absolute atomic E-state index is 5.27. The predicted molar refractivity (Wildman–Crippen MR) is 116 cm³/mol. The highest BCUT2D eigenvalue weighted by molar-refractivity contribution is 5.31. The van der Waals surface area contributed by atoms with Gasteiger partial charge in [0.2, 0.25) is 0 Å². The SMILES string of the molecule is C.C=C1CC12CCC(/C=C/C1CCC(c3ccc(OC)cc3)CC1)CC2.[HH].[HH]. The van der Waals surface area contributed by atoms with Crippen LogP contribution in [-0.4, -0.2) is 7.11 Å². The maximum atomic E-state index is 5.27. The monoisotopic (exact) mass is 356 g/mol. The zero-order valence-corrected chi connectivity index (χ0v) is 15.7. The number of hydrogen-bond donors (Lipinski definition) is 0. The van der Waals surface area contributed by atoms with E-state index in [-0.39, 0.29) is 10.3 Å². The molecule has 1 aromatic carbocycles. The zero-order valence-electron chi connectivity index (χ0n) is 15.7. The van der Waals surface area contributed by atoms with Gasteiger partial charge in [-0.1, -0.05) is 43.9 Å². The number of benzene rings is 1. The Kier molecular flexibility index (Phi) is 5.95. The second-order valence-electron chi connectivity index (χ2n) is 8.67. The van der Waals surface area contributed by atoms with Crippen LogP contribution in [-0.2, 0) is 0 Å². The molecule has 3 fully saturated rings. The lowest BCUT2D eigenvalue weighted by Crippen LogP contribution is -2.15. The number of methoxy groups -OCH3 is 1. The summed E-state index contributed by atoms with van der Waals surface area (Å²) in [5.41, 5.74) is 3.62. The summed E-state index contributed by atoms with van der Waals surface area (Å²) in [5.74, 6) is 3.34. The highest BCUT2D eigenvalue weighted by Gasteiger charge is 2.48. The Morgan fingerprint density at radius 2 is 1.50 bits per heavy atom. The fraction of sp³-hybridized carbons (Fsp3) is 0.600. The largest absolute Gasteiger partial charge is 0.497 e. The maximum Gasteiger partial charge on any atom is 0.118 e. The Hall–Kier alpha value is -1.50. The molecule has 3 aliphatic rings. The third kappa shape index (κ3) is 4.08. The zero-order chi connectivity index (χ0) is 17.3. The van der Waals surface area contributed by atoms with Crippen LogP contribution >= 0.6 is 0 Å². The van der Waals surface area contributed by atoms with Crippen molar-refractivity contribution >= 4 is 0 Å². The van der Waals surface area contributed by atoms with E-state index in [2.05, 4.69) is 43.0 Å². The van der Waals surface area contributed by atoms with Crippen molar-refractivity contribution in [1.82, 2.24) is 0 Å². The van der Waals surface area contributed by atoms with Crippen LogP contribution in [0.3, 0.4) is 0 Å². The fourth-order valence-corrected chi connectivity index (χ4v) is 5.12. The summed E-state index contributed by atoms with van der Waals surface area (Å²) in [6.07, 6.45) is 17.4. The number of hydrogen-bond acceptors (Lipinski definition) is 1. The van der Waals surface area contributed by atoms with Crippen molar-refractivity contribution in [2.75, 3.05) is 7.11 Å². The van der Waals surface area contributed by atoms with Crippen LogP contribution in [0.5, 0.6) is 5.75 Å². The van der Waals surface area contributed by atoms with Gasteiger partial charge in [-0.25, -0.2) is 0 Å². The summed E-state index contributed by atoms with van der Waals surface area (Å²) >= 11 is 0. The molecule has 146 valence electrons. The molecular weight excluding hydrogens is 316 g/mol. The van der Waals surface area contributed by atoms with Gasteiger partial charge in [0, 0.05) is 2.85 Å². The molecule has 0 bridgehead atoms. The summed E-state index contributed by atoms with van der Waals surface area (Å²) in [4.78, 5) is 0. The minimum atomic E-state index is 0. The molecule has 26 heavy (non-hydrogen) atoms. The van der Waals surface area contributed by atoms with Crippen LogP contribution in [0.4, 0.5) is 0 Å². The third-order valence-corrected chi connectivity index (χ3v) is 7.18. The Labute approximate surface area is 163 Å². The first-order chi connectivity index (χ1) is 12.2. The van der Waals surface area contributed by atoms with Crippen molar-refractivity contribution in [3.05, 3.63) is 54.1 Å². The fourth-order valence-electron chi connectivity index (χ4n) is 5.12. The first kappa shape index (κ1) is 19.3. The van der Waals surface area contributed by atoms with E-state index in [1.165, 1.54) is 68.9 Å². The van der Waals surface area contributed by atoms with Crippen LogP contribution in [0.1, 0.15) is 79.5 Å². The smallest absolute Gasteiger partial charge is 0.118 e. The Morgan fingerprint density at radius 3 is 2.00 bits per heavy atom. The Balaban J connectivity index is 0.00000131. The van der Waals surface area contributed by atoms with Gasteiger partial charge in [-0.2, -0.15) is 0 Å². The molecule has 1 spiro atoms. The molecule has 0 N–H and O–H groups in total. The first-order valence-corrected chi connectivity index (χ1v) is 10.2. The number of rotatable bonds is 4. The summed E-state index contributed by atoms with van der Waals surface area (Å²) in [7, 11) is 1.74. The van der Waals surface area contributed by atoms with Crippen LogP contribution in [0.15, 0.2) is 48.6 Å². The molecule has 0 heterocycles. The van der Waals surface area contributed by atoms with Gasteiger partial charge in [-0.3, -0.25) is 0 Å². The minimum absolute atomic E-state index is 0. The van der Waals surface area contributed by atoms with Crippen molar-refractivity contribution in [2.24, 2.45) is 17.3 Å². The third-order valence-electron chi connectivity index (χ3n) is 7.18. The van der Waals surface area contributed by atoms with E-state index in [1.807, 2.05) is 0 Å². The molecule has 0 unspecified atom stereocenters. The molecule has 3 aliphatic carbocycles. The summed E-state index contributed by atoms with van der Waals surface area (Å²) < 4.78 is 5.27. The quantitative estimate of drug-likeness (QED) is 0.500. The average Bonchev–Trinajstić information content (AvgIpc) is 3.30. The number of ether oxygens (including phenoxy) is 1. The van der Waals surface area contributed by atoms with Gasteiger partial charge in [0.25, 0.3) is 0 Å². The molecule has 1 nitrogen and oxygen atoms in total. The van der Waals surface area contributed by atoms with E-state index in [0.717, 1.165) is 23.5 Å². The van der Waals surface area contributed by atoms with E-state index in [0.29, 0.717) is 5.41 Å². The second-order valence-corrected chi connectivity index (χ2v) is 8.67. The van der Waals surface area contributed by atoms with Gasteiger partial charge >= 0.3 is 0 Å². The van der Waals surface area contributed by atoms with Gasteiger partial charge in [0.1, 0.15) is 5.75 Å². The molecule has 0 radical (unpaired) electrons. The van der Waals surface area contributed by atoms with Crippen molar-refractivity contribution < 1.29 is 7.59 Å². The van der Waals surface area contributed by atoms with Gasteiger partial charge in [-0.05, 0) is 98.7 Å². The van der Waals surface area contributed by atoms with Crippen LogP contribution < -0.4 is 4.74 Å². The molecule has 0 aliphatic heterocycles. The van der Waals surface area contributed by atoms with Crippen molar-refractivity contribution in [3.63, 3.8) is 0 Å². The van der Waals surface area contributed by atoms with E-state index in [9.17, 15) is 0 Å². The molecule has 3 saturated carbocycles. The van der Waals surface area contributed by atoms with Gasteiger partial charge in [0.05, 0.1) is 7.11 Å². The molecule has 0 saturated heterocycles. The van der Waals surface area contributed by atoms with E-state index >= 15 is 0 Å². The average molecular weight is 357 g/mol. The Morgan fingerprint density at radius 1 is 0.962 bits per heavy atom. The molecule has 0 atom stereocenters. The normalized spacial score (nSPS) is 33.9. The molecular formula is C25H40O. The standard InChI is InChI=1S/C24H32O.CH4.2H2/c1-18-17-24(18)15-13-20(14-16-24)4-3-19-5-7-21(8-6-19)22-9-11-23(25-2)12-10-22;;;/h3-4,9-12,19-21H,1,5-8,13-17H2,2H3;1H4;2*1H/b4-3+;;;. The van der Waals surface area contributed by atoms with Crippen molar-refractivity contribution in [2.45, 2.75) is 71.1 Å². The topological polar surface area (TPSA) is 9.23 Å². The predicted octanol–water partition coefficient (Wildman–Crippen LogP) is 7.79. The Bertz CT molecular complexity index is 633. The molecule has 1 aromatic rings. The second kappa shape index (κ2) is 8.03. The van der Waals surface area contributed by atoms with Crippen LogP contribution in [0.2, 0.25) is 0 Å². The van der Waals surface area contributed by atoms with Crippen LogP contribution in [0, 0.1) is 17.3 Å². The lowest BCUT2D eigenvalue weighted by molar-refractivity contribution is 0.302. The summed E-state index contributed by atoms with van der Waals surface area (Å²) in [5, 5.41) is 0. The number of allylic oxidation sites excluding steroid dienone is 3. The minimum Gasteiger partial charge on any atom is -0.497 e. The van der Waals surface area contributed by atoms with Gasteiger partial charge in [0.15, 0.2) is 0 Å². The summed E-state index contributed by atoms with van der Waals surface area (Å²) in [6.45, 7) is 4.20. The van der Waals surface area contributed by atoms with Crippen LogP contribution in [0.25, 0.3) is 0 Å². The lowest BCUT2D eigenvalue weighted by Gasteiger charge is -2.29. The molecule has 1 heteroatoms. The van der Waals surface area contributed by atoms with Crippen molar-refractivity contribution in [1.29, 1.82) is 0 Å². The summed E-state index contributed by atoms with van der Waals surface area (Å²) in [6, 6.07) is 8.71. The van der Waals surface area contributed by atoms with E-state index < -0.39 is 0 Å². The van der Waals surface area contributed by atoms with E-state index in [4.69, 9.17) is 4.74 Å². The van der Waals surface area contributed by atoms with Crippen molar-refractivity contribution in [3.8, 4) is 5.75 Å². The van der Waals surface area contributed by atoms with E-state index in [1.54, 1.807) is 7.11 Å². The van der Waals surface area contributed by atoms with Gasteiger partial charge < -0.3 is 4.74 Å². The lowest BCUT2D eigenvalue weighted by atomic mass is 9.76. The highest BCUT2D eigenvalue weighted by atomic mass is 16.5. The first-order valence-electron chi connectivity index (χ1n) is 10.2. The van der Waals surface area contributed by atoms with Gasteiger partial charge in [-0.15, -0.1) is 0 Å². The molecule has 4 rings (SSSR count).